The molecule has 1 atom stereocenters. The number of benzene rings is 1. The van der Waals surface area contributed by atoms with E-state index in [1.165, 1.54) is 27.8 Å². The lowest BCUT2D eigenvalue weighted by molar-refractivity contribution is -0.384. The molecule has 1 unspecified atom stereocenters. The molecule has 27 heavy (non-hydrogen) atoms. The molecule has 0 spiro atoms. The first-order valence-electron chi connectivity index (χ1n) is 8.24. The molecule has 1 saturated heterocycles. The largest absolute Gasteiger partial charge is 0.301 e. The highest BCUT2D eigenvalue weighted by molar-refractivity contribution is 7.88. The number of nitrogens with zero attached hydrogens (tertiary/aromatic N) is 3. The minimum absolute atomic E-state index is 0.0444. The number of carbonyl (C=O) groups excluding carboxylic acids is 1. The normalized spacial score (nSPS) is 18.2. The maximum atomic E-state index is 12.6. The molecule has 1 fully saturated rings. The standard InChI is InChI=1S/C16H18N4O5S2/c1-27(24,25)19-8-3-2-7-14(19)15(21)18-16-17-13(10-26-16)11-5-4-6-12(9-11)20(22)23/h4-6,9-10,14H,2-3,7-8H2,1H3,(H,17,18,21). The van der Waals surface area contributed by atoms with Gasteiger partial charge in [0.2, 0.25) is 15.9 Å². The van der Waals surface area contributed by atoms with E-state index in [0.29, 0.717) is 29.4 Å². The van der Waals surface area contributed by atoms with Gasteiger partial charge in [0.1, 0.15) is 6.04 Å². The lowest BCUT2D eigenvalue weighted by Crippen LogP contribution is -2.49. The molecular formula is C16H18N4O5S2. The van der Waals surface area contributed by atoms with Gasteiger partial charge in [-0.1, -0.05) is 18.6 Å². The third-order valence-corrected chi connectivity index (χ3v) is 6.32. The van der Waals surface area contributed by atoms with Crippen LogP contribution < -0.4 is 5.32 Å². The number of nitrogens with one attached hydrogen (secondary N) is 1. The SMILES string of the molecule is CS(=O)(=O)N1CCCCC1C(=O)Nc1nc(-c2cccc([N+](=O)[O-])c2)cs1. The Morgan fingerprint density at radius 2 is 2.19 bits per heavy atom. The zero-order valence-corrected chi connectivity index (χ0v) is 16.1. The van der Waals surface area contributed by atoms with Crippen molar-refractivity contribution in [3.8, 4) is 11.3 Å². The van der Waals surface area contributed by atoms with Gasteiger partial charge in [0.15, 0.2) is 5.13 Å². The third-order valence-electron chi connectivity index (χ3n) is 4.27. The van der Waals surface area contributed by atoms with Crippen LogP contribution in [-0.4, -0.2) is 47.4 Å². The Morgan fingerprint density at radius 3 is 2.89 bits per heavy atom. The second-order valence-electron chi connectivity index (χ2n) is 6.22. The summed E-state index contributed by atoms with van der Waals surface area (Å²) in [7, 11) is -3.47. The quantitative estimate of drug-likeness (QED) is 0.597. The van der Waals surface area contributed by atoms with Gasteiger partial charge in [-0.2, -0.15) is 4.31 Å². The number of non-ortho nitro benzene ring substituents is 1. The van der Waals surface area contributed by atoms with E-state index >= 15 is 0 Å². The van der Waals surface area contributed by atoms with E-state index in [-0.39, 0.29) is 5.69 Å². The molecule has 3 rings (SSSR count). The highest BCUT2D eigenvalue weighted by Crippen LogP contribution is 2.28. The van der Waals surface area contributed by atoms with Crippen LogP contribution >= 0.6 is 11.3 Å². The van der Waals surface area contributed by atoms with E-state index < -0.39 is 26.9 Å². The van der Waals surface area contributed by atoms with Gasteiger partial charge in [-0.05, 0) is 12.8 Å². The predicted molar refractivity (Wildman–Crippen MR) is 102 cm³/mol. The summed E-state index contributed by atoms with van der Waals surface area (Å²) < 4.78 is 25.0. The van der Waals surface area contributed by atoms with Crippen molar-refractivity contribution in [1.29, 1.82) is 0 Å². The monoisotopic (exact) mass is 410 g/mol. The number of anilines is 1. The zero-order chi connectivity index (χ0) is 19.6. The lowest BCUT2D eigenvalue weighted by Gasteiger charge is -2.32. The molecule has 2 heterocycles. The second-order valence-corrected chi connectivity index (χ2v) is 9.01. The zero-order valence-electron chi connectivity index (χ0n) is 14.5. The summed E-state index contributed by atoms with van der Waals surface area (Å²) >= 11 is 1.18. The third kappa shape index (κ3) is 4.49. The lowest BCUT2D eigenvalue weighted by atomic mass is 10.0. The second kappa shape index (κ2) is 7.71. The predicted octanol–water partition coefficient (Wildman–Crippen LogP) is 2.47. The van der Waals surface area contributed by atoms with Gasteiger partial charge in [0.05, 0.1) is 16.9 Å². The van der Waals surface area contributed by atoms with Crippen LogP contribution in [0.5, 0.6) is 0 Å². The van der Waals surface area contributed by atoms with Crippen LogP contribution in [0.3, 0.4) is 0 Å². The van der Waals surface area contributed by atoms with Crippen molar-refractivity contribution in [2.24, 2.45) is 0 Å². The molecule has 0 aliphatic carbocycles. The van der Waals surface area contributed by atoms with Crippen LogP contribution in [0.1, 0.15) is 19.3 Å². The van der Waals surface area contributed by atoms with E-state index in [4.69, 9.17) is 0 Å². The van der Waals surface area contributed by atoms with Crippen molar-refractivity contribution in [1.82, 2.24) is 9.29 Å². The molecule has 1 N–H and O–H groups in total. The van der Waals surface area contributed by atoms with Gasteiger partial charge in [-0.15, -0.1) is 11.3 Å². The van der Waals surface area contributed by atoms with Crippen molar-refractivity contribution in [2.75, 3.05) is 18.1 Å². The Kier molecular flexibility index (Phi) is 5.53. The summed E-state index contributed by atoms with van der Waals surface area (Å²) in [5.41, 5.74) is 1.02. The van der Waals surface area contributed by atoms with Crippen LogP contribution in [0.15, 0.2) is 29.6 Å². The fraction of sp³-hybridized carbons (Fsp3) is 0.375. The highest BCUT2D eigenvalue weighted by Gasteiger charge is 2.34. The number of aromatic nitrogens is 1. The maximum Gasteiger partial charge on any atom is 0.270 e. The van der Waals surface area contributed by atoms with Crippen LogP contribution in [0.2, 0.25) is 0 Å². The number of nitro benzene ring substituents is 1. The van der Waals surface area contributed by atoms with Gasteiger partial charge in [-0.25, -0.2) is 13.4 Å². The van der Waals surface area contributed by atoms with Crippen LogP contribution in [-0.2, 0) is 14.8 Å². The molecule has 0 bridgehead atoms. The topological polar surface area (TPSA) is 123 Å². The minimum Gasteiger partial charge on any atom is -0.301 e. The fourth-order valence-electron chi connectivity index (χ4n) is 3.00. The molecule has 1 aromatic carbocycles. The first-order valence-corrected chi connectivity index (χ1v) is 11.0. The average Bonchev–Trinajstić information content (AvgIpc) is 3.09. The molecule has 1 amide bonds. The van der Waals surface area contributed by atoms with E-state index in [0.717, 1.165) is 19.1 Å². The Morgan fingerprint density at radius 1 is 1.41 bits per heavy atom. The minimum atomic E-state index is -3.47. The highest BCUT2D eigenvalue weighted by atomic mass is 32.2. The van der Waals surface area contributed by atoms with Gasteiger partial charge in [0, 0.05) is 29.6 Å². The Hall–Kier alpha value is -2.37. The van der Waals surface area contributed by atoms with Gasteiger partial charge < -0.3 is 5.32 Å². The van der Waals surface area contributed by atoms with E-state index in [2.05, 4.69) is 10.3 Å². The van der Waals surface area contributed by atoms with E-state index in [9.17, 15) is 23.3 Å². The molecule has 9 nitrogen and oxygen atoms in total. The molecule has 2 aromatic rings. The van der Waals surface area contributed by atoms with Crippen molar-refractivity contribution in [2.45, 2.75) is 25.3 Å². The molecule has 11 heteroatoms. The molecule has 0 radical (unpaired) electrons. The molecular weight excluding hydrogens is 392 g/mol. The number of amides is 1. The number of thiazole rings is 1. The average molecular weight is 410 g/mol. The Labute approximate surface area is 160 Å². The molecule has 1 aliphatic rings. The van der Waals surface area contributed by atoms with Crippen molar-refractivity contribution >= 4 is 38.1 Å². The number of carbonyl (C=O) groups is 1. The van der Waals surface area contributed by atoms with Crippen molar-refractivity contribution in [3.63, 3.8) is 0 Å². The smallest absolute Gasteiger partial charge is 0.270 e. The molecule has 1 aliphatic heterocycles. The number of sulfonamides is 1. The van der Waals surface area contributed by atoms with Crippen LogP contribution in [0.4, 0.5) is 10.8 Å². The van der Waals surface area contributed by atoms with Crippen LogP contribution in [0, 0.1) is 10.1 Å². The first kappa shape index (κ1) is 19.4. The molecule has 144 valence electrons. The van der Waals surface area contributed by atoms with Gasteiger partial charge >= 0.3 is 0 Å². The summed E-state index contributed by atoms with van der Waals surface area (Å²) in [6.07, 6.45) is 3.07. The maximum absolute atomic E-state index is 12.6. The van der Waals surface area contributed by atoms with Gasteiger partial charge in [0.25, 0.3) is 5.69 Å². The summed E-state index contributed by atoms with van der Waals surface area (Å²) in [5.74, 6) is -0.417. The summed E-state index contributed by atoms with van der Waals surface area (Å²) in [4.78, 5) is 27.3. The van der Waals surface area contributed by atoms with Crippen molar-refractivity contribution in [3.05, 3.63) is 39.8 Å². The Balaban J connectivity index is 1.76. The van der Waals surface area contributed by atoms with Crippen LogP contribution in [0.25, 0.3) is 11.3 Å². The number of hydrogen-bond acceptors (Lipinski definition) is 7. The molecule has 1 aromatic heterocycles. The summed E-state index contributed by atoms with van der Waals surface area (Å²) in [6.45, 7) is 0.327. The number of nitro groups is 1. The number of rotatable bonds is 5. The van der Waals surface area contributed by atoms with E-state index in [1.807, 2.05) is 0 Å². The van der Waals surface area contributed by atoms with Gasteiger partial charge in [-0.3, -0.25) is 14.9 Å². The fourth-order valence-corrected chi connectivity index (χ4v) is 4.84. The van der Waals surface area contributed by atoms with Crippen molar-refractivity contribution < 1.29 is 18.1 Å². The summed E-state index contributed by atoms with van der Waals surface area (Å²) in [6, 6.07) is 5.31. The van der Waals surface area contributed by atoms with E-state index in [1.54, 1.807) is 17.5 Å². The molecule has 0 saturated carbocycles. The summed E-state index contributed by atoms with van der Waals surface area (Å²) in [5, 5.41) is 15.6. The number of piperidine rings is 1. The first-order chi connectivity index (χ1) is 12.8. The number of hydrogen-bond donors (Lipinski definition) is 1. The Bertz CT molecular complexity index is 973.